The number of ether oxygens (including phenoxy) is 1. The number of rotatable bonds is 4. The molecule has 0 amide bonds. The summed E-state index contributed by atoms with van der Waals surface area (Å²) >= 11 is 0. The molecular formula is C49H44N4O. The van der Waals surface area contributed by atoms with Crippen molar-refractivity contribution in [1.82, 2.24) is 10.3 Å². The van der Waals surface area contributed by atoms with Crippen LogP contribution in [0.3, 0.4) is 0 Å². The molecular weight excluding hydrogens is 661 g/mol. The predicted molar refractivity (Wildman–Crippen MR) is 222 cm³/mol. The molecule has 5 heteroatoms. The van der Waals surface area contributed by atoms with Crippen LogP contribution in [-0.4, -0.2) is 24.2 Å². The fraction of sp³-hybridized carbons (Fsp3) is 0.245. The lowest BCUT2D eigenvalue weighted by atomic mass is 9.82. The highest BCUT2D eigenvalue weighted by Crippen LogP contribution is 2.56. The number of nitrogens with zero attached hydrogens (tertiary/aromatic N) is 3. The monoisotopic (exact) mass is 704 g/mol. The Kier molecular flexibility index (Phi) is 7.11. The molecule has 2 atom stereocenters. The third-order valence-electron chi connectivity index (χ3n) is 12.7. The van der Waals surface area contributed by atoms with E-state index in [0.29, 0.717) is 5.92 Å². The van der Waals surface area contributed by atoms with Gasteiger partial charge in [0.1, 0.15) is 17.3 Å². The lowest BCUT2D eigenvalue weighted by molar-refractivity contribution is 0.474. The molecule has 4 aromatic carbocycles. The van der Waals surface area contributed by atoms with Gasteiger partial charge in [0.2, 0.25) is 0 Å². The molecule has 0 bridgehead atoms. The van der Waals surface area contributed by atoms with E-state index in [1.54, 1.807) is 0 Å². The maximum atomic E-state index is 7.27. The first-order valence-corrected chi connectivity index (χ1v) is 19.7. The summed E-state index contributed by atoms with van der Waals surface area (Å²) in [5.74, 6) is 3.37. The molecule has 54 heavy (non-hydrogen) atoms. The zero-order valence-corrected chi connectivity index (χ0v) is 31.0. The highest BCUT2D eigenvalue weighted by atomic mass is 16.5. The Morgan fingerprint density at radius 2 is 1.74 bits per heavy atom. The largest absolute Gasteiger partial charge is 0.456 e. The lowest BCUT2D eigenvalue weighted by Gasteiger charge is -2.35. The Hall–Kier alpha value is -5.81. The van der Waals surface area contributed by atoms with Gasteiger partial charge >= 0.3 is 0 Å². The van der Waals surface area contributed by atoms with E-state index in [1.807, 2.05) is 6.20 Å². The molecule has 2 aliphatic carbocycles. The Morgan fingerprint density at radius 3 is 2.63 bits per heavy atom. The van der Waals surface area contributed by atoms with Crippen LogP contribution < -0.4 is 19.9 Å². The van der Waals surface area contributed by atoms with Crippen LogP contribution in [0.25, 0.3) is 33.9 Å². The molecule has 0 spiro atoms. The summed E-state index contributed by atoms with van der Waals surface area (Å²) in [6.45, 7) is 6.50. The molecule has 1 aromatic heterocycles. The second-order valence-corrected chi connectivity index (χ2v) is 16.2. The van der Waals surface area contributed by atoms with Gasteiger partial charge in [-0.25, -0.2) is 4.98 Å². The molecule has 0 saturated heterocycles. The maximum Gasteiger partial charge on any atom is 0.140 e. The fourth-order valence-corrected chi connectivity index (χ4v) is 9.90. The van der Waals surface area contributed by atoms with Gasteiger partial charge in [-0.2, -0.15) is 0 Å². The van der Waals surface area contributed by atoms with Crippen LogP contribution in [0.4, 0.5) is 17.2 Å². The van der Waals surface area contributed by atoms with Crippen LogP contribution in [-0.2, 0) is 18.3 Å². The molecule has 2 unspecified atom stereocenters. The quantitative estimate of drug-likeness (QED) is 0.198. The third kappa shape index (κ3) is 4.94. The van der Waals surface area contributed by atoms with Gasteiger partial charge in [0.25, 0.3) is 0 Å². The second kappa shape index (κ2) is 12.1. The van der Waals surface area contributed by atoms with E-state index in [-0.39, 0.29) is 11.6 Å². The van der Waals surface area contributed by atoms with Gasteiger partial charge in [-0.05, 0) is 131 Å². The van der Waals surface area contributed by atoms with Crippen molar-refractivity contribution in [2.24, 2.45) is 0 Å². The molecule has 6 aliphatic rings. The lowest BCUT2D eigenvalue weighted by Crippen LogP contribution is -2.45. The summed E-state index contributed by atoms with van der Waals surface area (Å²) in [7, 11) is 0. The molecule has 11 rings (SSSR count). The van der Waals surface area contributed by atoms with Gasteiger partial charge in [-0.1, -0.05) is 80.6 Å². The first kappa shape index (κ1) is 31.7. The van der Waals surface area contributed by atoms with Crippen molar-refractivity contribution in [1.29, 1.82) is 0 Å². The summed E-state index contributed by atoms with van der Waals surface area (Å²) in [4.78, 5) is 9.90. The number of allylic oxidation sites excluding steroid dienone is 6. The molecule has 266 valence electrons. The number of hydrogen-bond acceptors (Lipinski definition) is 5. The van der Waals surface area contributed by atoms with Gasteiger partial charge in [-0.3, -0.25) is 0 Å². The summed E-state index contributed by atoms with van der Waals surface area (Å²) in [6.07, 6.45) is 23.1. The number of pyridine rings is 1. The average molecular weight is 705 g/mol. The van der Waals surface area contributed by atoms with Gasteiger partial charge < -0.3 is 19.9 Å². The Bertz CT molecular complexity index is 2490. The van der Waals surface area contributed by atoms with Crippen LogP contribution in [0, 0.1) is 0 Å². The van der Waals surface area contributed by atoms with Crippen molar-refractivity contribution in [2.45, 2.75) is 63.5 Å². The van der Waals surface area contributed by atoms with E-state index < -0.39 is 0 Å². The van der Waals surface area contributed by atoms with E-state index in [4.69, 9.17) is 9.72 Å². The van der Waals surface area contributed by atoms with Crippen molar-refractivity contribution in [3.63, 3.8) is 0 Å². The zero-order chi connectivity index (χ0) is 36.0. The highest BCUT2D eigenvalue weighted by Gasteiger charge is 2.37. The van der Waals surface area contributed by atoms with E-state index in [2.05, 4.69) is 150 Å². The minimum Gasteiger partial charge on any atom is -0.456 e. The Morgan fingerprint density at radius 1 is 0.852 bits per heavy atom. The average Bonchev–Trinajstić information content (AvgIpc) is 3.91. The smallest absolute Gasteiger partial charge is 0.140 e. The van der Waals surface area contributed by atoms with Crippen LogP contribution in [0.5, 0.6) is 11.5 Å². The summed E-state index contributed by atoms with van der Waals surface area (Å²) < 4.78 is 7.27. The summed E-state index contributed by atoms with van der Waals surface area (Å²) in [5.41, 5.74) is 16.8. The SMILES string of the molecule is CC1(C)C=Cc2cc3c(cc21)-c1ccc2c(c1Oc1ccc4c(c1-3)CCN4c1cc(C3=CC=CCC3)ccn1)CCN2C1CC(c2ccccc2)C=CN1. The molecule has 1 N–H and O–H groups in total. The van der Waals surface area contributed by atoms with E-state index in [9.17, 15) is 0 Å². The normalized spacial score (nSPS) is 20.9. The van der Waals surface area contributed by atoms with E-state index in [0.717, 1.165) is 62.5 Å². The van der Waals surface area contributed by atoms with Gasteiger partial charge in [0.05, 0.1) is 6.17 Å². The zero-order valence-electron chi connectivity index (χ0n) is 31.0. The highest BCUT2D eigenvalue weighted by molar-refractivity contribution is 5.98. The van der Waals surface area contributed by atoms with Crippen molar-refractivity contribution < 1.29 is 4.74 Å². The minimum absolute atomic E-state index is 0.0286. The van der Waals surface area contributed by atoms with Crippen LogP contribution >= 0.6 is 0 Å². The van der Waals surface area contributed by atoms with E-state index >= 15 is 0 Å². The number of hydrogen-bond donors (Lipinski definition) is 1. The fourth-order valence-electron chi connectivity index (χ4n) is 9.90. The van der Waals surface area contributed by atoms with Gasteiger partial charge in [-0.15, -0.1) is 0 Å². The second-order valence-electron chi connectivity index (χ2n) is 16.2. The van der Waals surface area contributed by atoms with Crippen LogP contribution in [0.15, 0.2) is 122 Å². The number of anilines is 3. The topological polar surface area (TPSA) is 40.6 Å². The Balaban J connectivity index is 1.02. The number of aromatic nitrogens is 1. The molecule has 0 saturated carbocycles. The number of nitrogens with one attached hydrogen (secondary N) is 1. The summed E-state index contributed by atoms with van der Waals surface area (Å²) in [6, 6.07) is 29.4. The molecule has 0 radical (unpaired) electrons. The number of benzene rings is 4. The summed E-state index contributed by atoms with van der Waals surface area (Å²) in [5, 5.41) is 3.71. The molecule has 5 aromatic rings. The minimum atomic E-state index is -0.0286. The molecule has 4 aliphatic heterocycles. The standard InChI is InChI=1S/C49H44N4O/c1-49(2)22-17-35-27-40-39(30-41(35)49)36-13-14-43-38(21-26-53(43)46-29-34(19-24-51-46)32-11-7-4-8-12-32)48(36)54-44-16-15-42-37(47(40)44)20-25-52(42)45-28-33(18-23-50-45)31-9-5-3-6-10-31/h3-5,7-9,11-19,22-24,27-28,30,34,46,51H,6,10,20-21,25-26,29H2,1-2H3. The maximum absolute atomic E-state index is 7.27. The Labute approximate surface area is 318 Å². The molecule has 5 nitrogen and oxygen atoms in total. The number of fused-ring (bicyclic) bond motifs is 10. The van der Waals surface area contributed by atoms with Crippen LogP contribution in [0.1, 0.15) is 72.4 Å². The van der Waals surface area contributed by atoms with Gasteiger partial charge in [0.15, 0.2) is 0 Å². The molecule has 5 heterocycles. The van der Waals surface area contributed by atoms with Crippen molar-refractivity contribution in [3.8, 4) is 33.8 Å². The van der Waals surface area contributed by atoms with Crippen LogP contribution in [0.2, 0.25) is 0 Å². The van der Waals surface area contributed by atoms with Gasteiger partial charge in [0, 0.05) is 58.7 Å². The van der Waals surface area contributed by atoms with E-state index in [1.165, 1.54) is 72.6 Å². The van der Waals surface area contributed by atoms with Crippen molar-refractivity contribution in [3.05, 3.63) is 155 Å². The third-order valence-corrected chi connectivity index (χ3v) is 12.7. The molecule has 0 fully saturated rings. The first-order chi connectivity index (χ1) is 26.5. The first-order valence-electron chi connectivity index (χ1n) is 19.7. The van der Waals surface area contributed by atoms with Crippen molar-refractivity contribution in [2.75, 3.05) is 22.9 Å². The van der Waals surface area contributed by atoms with Crippen molar-refractivity contribution >= 4 is 28.8 Å². The predicted octanol–water partition coefficient (Wildman–Crippen LogP) is 11.2.